The lowest BCUT2D eigenvalue weighted by molar-refractivity contribution is -0.137. The molecule has 0 aromatic heterocycles. The van der Waals surface area contributed by atoms with Crippen LogP contribution >= 0.6 is 11.6 Å². The van der Waals surface area contributed by atoms with E-state index in [1.165, 1.54) is 6.07 Å². The first kappa shape index (κ1) is 14.5. The summed E-state index contributed by atoms with van der Waals surface area (Å²) in [5.74, 6) is 0. The number of nitrogens with one attached hydrogen (secondary N) is 1. The molecule has 0 spiro atoms. The van der Waals surface area contributed by atoms with Crippen LogP contribution in [0, 0.1) is 0 Å². The van der Waals surface area contributed by atoms with Crippen LogP contribution in [-0.4, -0.2) is 17.3 Å². The molecule has 0 aliphatic heterocycles. The molecule has 1 aliphatic carbocycles. The second-order valence-electron chi connectivity index (χ2n) is 4.84. The van der Waals surface area contributed by atoms with Crippen molar-refractivity contribution in [2.75, 3.05) is 5.32 Å². The van der Waals surface area contributed by atoms with E-state index in [9.17, 15) is 18.3 Å². The molecule has 0 unspecified atom stereocenters. The van der Waals surface area contributed by atoms with E-state index in [1.54, 1.807) is 6.07 Å². The van der Waals surface area contributed by atoms with Gasteiger partial charge in [-0.2, -0.15) is 13.2 Å². The molecular weight excluding hydrogens is 279 g/mol. The van der Waals surface area contributed by atoms with Crippen LogP contribution in [0.2, 0.25) is 5.02 Å². The average Bonchev–Trinajstić information content (AvgIpc) is 2.33. The summed E-state index contributed by atoms with van der Waals surface area (Å²) in [6.45, 7) is 0. The number of anilines is 1. The van der Waals surface area contributed by atoms with Gasteiger partial charge in [0.05, 0.1) is 16.7 Å². The van der Waals surface area contributed by atoms with Crippen LogP contribution in [0.15, 0.2) is 18.2 Å². The molecule has 0 saturated heterocycles. The highest BCUT2D eigenvalue weighted by atomic mass is 35.5. The van der Waals surface area contributed by atoms with Crippen molar-refractivity contribution in [3.05, 3.63) is 28.8 Å². The van der Waals surface area contributed by atoms with E-state index in [1.807, 2.05) is 0 Å². The number of rotatable bonds is 2. The van der Waals surface area contributed by atoms with Gasteiger partial charge in [-0.05, 0) is 43.9 Å². The Labute approximate surface area is 114 Å². The molecule has 0 heterocycles. The minimum Gasteiger partial charge on any atom is -0.393 e. The molecule has 1 aromatic carbocycles. The maximum absolute atomic E-state index is 12.7. The average molecular weight is 294 g/mol. The summed E-state index contributed by atoms with van der Waals surface area (Å²) >= 11 is 5.56. The van der Waals surface area contributed by atoms with Gasteiger partial charge in [-0.15, -0.1) is 0 Å². The lowest BCUT2D eigenvalue weighted by Crippen LogP contribution is -2.28. The van der Waals surface area contributed by atoms with Crippen LogP contribution in [0.1, 0.15) is 31.2 Å². The Bertz CT molecular complexity index is 442. The third kappa shape index (κ3) is 3.76. The summed E-state index contributed by atoms with van der Waals surface area (Å²) in [5, 5.41) is 12.2. The largest absolute Gasteiger partial charge is 0.417 e. The van der Waals surface area contributed by atoms with Gasteiger partial charge in [-0.1, -0.05) is 11.6 Å². The highest BCUT2D eigenvalue weighted by molar-refractivity contribution is 6.31. The van der Waals surface area contributed by atoms with Crippen molar-refractivity contribution in [3.63, 3.8) is 0 Å². The van der Waals surface area contributed by atoms with Gasteiger partial charge in [0.15, 0.2) is 0 Å². The van der Waals surface area contributed by atoms with Crippen molar-refractivity contribution in [1.82, 2.24) is 0 Å². The highest BCUT2D eigenvalue weighted by Crippen LogP contribution is 2.36. The zero-order valence-electron chi connectivity index (χ0n) is 10.2. The first-order valence-corrected chi connectivity index (χ1v) is 6.55. The highest BCUT2D eigenvalue weighted by Gasteiger charge is 2.33. The van der Waals surface area contributed by atoms with Crippen molar-refractivity contribution in [3.8, 4) is 0 Å². The first-order chi connectivity index (χ1) is 8.86. The lowest BCUT2D eigenvalue weighted by Gasteiger charge is -2.27. The Hall–Kier alpha value is -0.940. The van der Waals surface area contributed by atoms with Crippen molar-refractivity contribution in [2.24, 2.45) is 0 Å². The summed E-state index contributed by atoms with van der Waals surface area (Å²) in [7, 11) is 0. The summed E-state index contributed by atoms with van der Waals surface area (Å²) in [5.41, 5.74) is -0.409. The maximum Gasteiger partial charge on any atom is 0.417 e. The van der Waals surface area contributed by atoms with Crippen molar-refractivity contribution in [1.29, 1.82) is 0 Å². The van der Waals surface area contributed by atoms with Gasteiger partial charge >= 0.3 is 6.18 Å². The molecular formula is C13H15ClF3NO. The molecule has 1 saturated carbocycles. The Morgan fingerprint density at radius 1 is 1.16 bits per heavy atom. The molecule has 0 amide bonds. The minimum absolute atomic E-state index is 0.102. The Morgan fingerprint density at radius 2 is 1.79 bits per heavy atom. The summed E-state index contributed by atoms with van der Waals surface area (Å²) in [6.07, 6.45) is -1.86. The standard InChI is InChI=1S/C13H15ClF3NO/c14-12-6-3-9(7-11(12)13(15,16)17)18-8-1-4-10(19)5-2-8/h3,6-8,10,18-19H,1-2,4-5H2. The number of aliphatic hydroxyl groups is 1. The van der Waals surface area contributed by atoms with E-state index in [0.29, 0.717) is 18.5 Å². The van der Waals surface area contributed by atoms with E-state index in [-0.39, 0.29) is 17.2 Å². The zero-order chi connectivity index (χ0) is 14.0. The van der Waals surface area contributed by atoms with Gasteiger partial charge in [0.25, 0.3) is 0 Å². The van der Waals surface area contributed by atoms with Crippen molar-refractivity contribution in [2.45, 2.75) is 44.0 Å². The van der Waals surface area contributed by atoms with E-state index >= 15 is 0 Å². The second-order valence-corrected chi connectivity index (χ2v) is 5.25. The smallest absolute Gasteiger partial charge is 0.393 e. The molecule has 1 fully saturated rings. The fraction of sp³-hybridized carbons (Fsp3) is 0.538. The number of alkyl halides is 3. The Kier molecular flexibility index (Phi) is 4.26. The Balaban J connectivity index is 2.09. The third-order valence-corrected chi connectivity index (χ3v) is 3.67. The molecule has 19 heavy (non-hydrogen) atoms. The molecule has 0 radical (unpaired) electrons. The number of hydrogen-bond donors (Lipinski definition) is 2. The van der Waals surface area contributed by atoms with Gasteiger partial charge in [0, 0.05) is 11.7 Å². The quantitative estimate of drug-likeness (QED) is 0.861. The molecule has 1 aliphatic rings. The summed E-state index contributed by atoms with van der Waals surface area (Å²) < 4.78 is 38.1. The van der Waals surface area contributed by atoms with Crippen LogP contribution in [0.5, 0.6) is 0 Å². The predicted molar refractivity (Wildman–Crippen MR) is 68.3 cm³/mol. The molecule has 106 valence electrons. The molecule has 1 aromatic rings. The van der Waals surface area contributed by atoms with E-state index < -0.39 is 11.7 Å². The molecule has 0 bridgehead atoms. The number of aliphatic hydroxyl groups excluding tert-OH is 1. The second kappa shape index (κ2) is 5.59. The predicted octanol–water partition coefficient (Wildman–Crippen LogP) is 4.07. The van der Waals surface area contributed by atoms with Crippen molar-refractivity contribution >= 4 is 17.3 Å². The zero-order valence-corrected chi connectivity index (χ0v) is 10.9. The molecule has 2 nitrogen and oxygen atoms in total. The number of benzene rings is 1. The monoisotopic (exact) mass is 293 g/mol. The fourth-order valence-corrected chi connectivity index (χ4v) is 2.51. The van der Waals surface area contributed by atoms with Gasteiger partial charge in [-0.25, -0.2) is 0 Å². The summed E-state index contributed by atoms with van der Waals surface area (Å²) in [6, 6.07) is 3.94. The topological polar surface area (TPSA) is 32.3 Å². The fourth-order valence-electron chi connectivity index (χ4n) is 2.29. The van der Waals surface area contributed by atoms with E-state index in [2.05, 4.69) is 5.32 Å². The van der Waals surface area contributed by atoms with Crippen LogP contribution in [0.3, 0.4) is 0 Å². The minimum atomic E-state index is -4.45. The number of halogens is 4. The molecule has 2 N–H and O–H groups in total. The van der Waals surface area contributed by atoms with Gasteiger partial charge in [0.2, 0.25) is 0 Å². The van der Waals surface area contributed by atoms with Gasteiger partial charge < -0.3 is 10.4 Å². The normalized spacial score (nSPS) is 24.3. The first-order valence-electron chi connectivity index (χ1n) is 6.17. The maximum atomic E-state index is 12.7. The SMILES string of the molecule is OC1CCC(Nc2ccc(Cl)c(C(F)(F)F)c2)CC1. The lowest BCUT2D eigenvalue weighted by atomic mass is 9.93. The molecule has 0 atom stereocenters. The van der Waals surface area contributed by atoms with Crippen LogP contribution in [-0.2, 0) is 6.18 Å². The van der Waals surface area contributed by atoms with E-state index in [0.717, 1.165) is 18.9 Å². The Morgan fingerprint density at radius 3 is 2.37 bits per heavy atom. The van der Waals surface area contributed by atoms with Crippen molar-refractivity contribution < 1.29 is 18.3 Å². The summed E-state index contributed by atoms with van der Waals surface area (Å²) in [4.78, 5) is 0. The third-order valence-electron chi connectivity index (χ3n) is 3.34. The van der Waals surface area contributed by atoms with Crippen LogP contribution in [0.25, 0.3) is 0 Å². The number of hydrogen-bond acceptors (Lipinski definition) is 2. The van der Waals surface area contributed by atoms with Gasteiger partial charge in [-0.3, -0.25) is 0 Å². The van der Waals surface area contributed by atoms with Crippen LogP contribution < -0.4 is 5.32 Å². The van der Waals surface area contributed by atoms with E-state index in [4.69, 9.17) is 11.6 Å². The molecule has 6 heteroatoms. The van der Waals surface area contributed by atoms with Crippen LogP contribution in [0.4, 0.5) is 18.9 Å². The molecule has 2 rings (SSSR count). The van der Waals surface area contributed by atoms with Gasteiger partial charge in [0.1, 0.15) is 0 Å².